The molecule has 0 bridgehead atoms. The molecule has 6 heteroatoms. The third-order valence-electron chi connectivity index (χ3n) is 4.54. The van der Waals surface area contributed by atoms with Crippen LogP contribution in [-0.2, 0) is 16.1 Å². The molecule has 2 amide bonds. The Kier molecular flexibility index (Phi) is 6.96. The number of nitrogens with one attached hydrogen (secondary N) is 3. The summed E-state index contributed by atoms with van der Waals surface area (Å²) in [5.74, 6) is -0.158. The first kappa shape index (κ1) is 20.5. The van der Waals surface area contributed by atoms with Crippen molar-refractivity contribution in [3.8, 4) is 0 Å². The van der Waals surface area contributed by atoms with Crippen LogP contribution in [0, 0.1) is 0 Å². The van der Waals surface area contributed by atoms with Crippen LogP contribution in [0.1, 0.15) is 19.4 Å². The van der Waals surface area contributed by atoms with E-state index in [1.165, 1.54) is 12.5 Å². The molecule has 0 heterocycles. The molecule has 3 N–H and O–H groups in total. The molecular formula is C21H29N4O2+. The van der Waals surface area contributed by atoms with Crippen LogP contribution in [0.25, 0.3) is 0 Å². The number of benzene rings is 2. The number of likely N-dealkylation sites (N-methyl/N-ethyl adjacent to an activating group) is 1. The van der Waals surface area contributed by atoms with Gasteiger partial charge >= 0.3 is 0 Å². The van der Waals surface area contributed by atoms with Gasteiger partial charge in [-0.1, -0.05) is 12.1 Å². The maximum absolute atomic E-state index is 12.5. The topological polar surface area (TPSA) is 65.9 Å². The van der Waals surface area contributed by atoms with Gasteiger partial charge in [0.25, 0.3) is 5.91 Å². The van der Waals surface area contributed by atoms with Crippen molar-refractivity contribution in [2.75, 3.05) is 36.7 Å². The van der Waals surface area contributed by atoms with Crippen LogP contribution in [-0.4, -0.2) is 39.0 Å². The van der Waals surface area contributed by atoms with E-state index >= 15 is 0 Å². The summed E-state index contributed by atoms with van der Waals surface area (Å²) < 4.78 is 0. The van der Waals surface area contributed by atoms with Crippen LogP contribution >= 0.6 is 0 Å². The van der Waals surface area contributed by atoms with E-state index in [9.17, 15) is 9.59 Å². The minimum Gasteiger partial charge on any atom is -0.378 e. The van der Waals surface area contributed by atoms with E-state index in [-0.39, 0.29) is 17.9 Å². The van der Waals surface area contributed by atoms with Crippen molar-refractivity contribution < 1.29 is 14.5 Å². The molecule has 0 spiro atoms. The van der Waals surface area contributed by atoms with Gasteiger partial charge < -0.3 is 20.4 Å². The minimum atomic E-state index is -0.200. The van der Waals surface area contributed by atoms with E-state index in [0.717, 1.165) is 17.1 Å². The van der Waals surface area contributed by atoms with Crippen LogP contribution < -0.4 is 20.4 Å². The van der Waals surface area contributed by atoms with Crippen LogP contribution in [0.5, 0.6) is 0 Å². The Labute approximate surface area is 161 Å². The van der Waals surface area contributed by atoms with E-state index < -0.39 is 0 Å². The summed E-state index contributed by atoms with van der Waals surface area (Å²) in [4.78, 5) is 26.8. The van der Waals surface area contributed by atoms with Crippen LogP contribution in [0.3, 0.4) is 0 Å². The first-order valence-corrected chi connectivity index (χ1v) is 9.03. The summed E-state index contributed by atoms with van der Waals surface area (Å²) in [6.45, 7) is 4.15. The van der Waals surface area contributed by atoms with Crippen molar-refractivity contribution in [1.82, 2.24) is 0 Å². The molecule has 0 radical (unpaired) electrons. The second-order valence-corrected chi connectivity index (χ2v) is 7.05. The minimum absolute atomic E-state index is 0.0373. The predicted octanol–water partition coefficient (Wildman–Crippen LogP) is 1.75. The molecule has 144 valence electrons. The van der Waals surface area contributed by atoms with Gasteiger partial charge in [-0.2, -0.15) is 0 Å². The van der Waals surface area contributed by atoms with Crippen molar-refractivity contribution in [2.45, 2.75) is 26.4 Å². The molecular weight excluding hydrogens is 340 g/mol. The molecule has 0 aliphatic rings. The fourth-order valence-corrected chi connectivity index (χ4v) is 2.70. The molecule has 0 aliphatic heterocycles. The lowest BCUT2D eigenvalue weighted by Gasteiger charge is -2.21. The number of hydrogen-bond donors (Lipinski definition) is 3. The SMILES string of the molecule is CC(=O)Nc1ccc(NC(=O)[C@H](C)[NH+](C)Cc2ccc(N(C)C)cc2)cc1. The molecule has 1 unspecified atom stereocenters. The number of rotatable bonds is 7. The lowest BCUT2D eigenvalue weighted by molar-refractivity contribution is -0.907. The smallest absolute Gasteiger partial charge is 0.282 e. The van der Waals surface area contributed by atoms with Crippen molar-refractivity contribution in [3.05, 3.63) is 54.1 Å². The fraction of sp³-hybridized carbons (Fsp3) is 0.333. The van der Waals surface area contributed by atoms with E-state index in [4.69, 9.17) is 0 Å². The molecule has 2 aromatic carbocycles. The summed E-state index contributed by atoms with van der Waals surface area (Å²) in [6, 6.07) is 15.3. The predicted molar refractivity (Wildman–Crippen MR) is 110 cm³/mol. The summed E-state index contributed by atoms with van der Waals surface area (Å²) in [5, 5.41) is 5.64. The average Bonchev–Trinajstić information content (AvgIpc) is 2.62. The molecule has 2 rings (SSSR count). The normalized spacial score (nSPS) is 12.8. The number of carbonyl (C=O) groups excluding carboxylic acids is 2. The number of quaternary nitrogens is 1. The van der Waals surface area contributed by atoms with Crippen LogP contribution in [0.4, 0.5) is 17.1 Å². The lowest BCUT2D eigenvalue weighted by atomic mass is 10.1. The van der Waals surface area contributed by atoms with Gasteiger partial charge in [-0.05, 0) is 43.3 Å². The lowest BCUT2D eigenvalue weighted by Crippen LogP contribution is -3.12. The summed E-state index contributed by atoms with van der Waals surface area (Å²) >= 11 is 0. The second-order valence-electron chi connectivity index (χ2n) is 7.05. The van der Waals surface area contributed by atoms with Gasteiger partial charge in [-0.3, -0.25) is 9.59 Å². The maximum Gasteiger partial charge on any atom is 0.282 e. The van der Waals surface area contributed by atoms with E-state index in [2.05, 4.69) is 39.8 Å². The molecule has 0 saturated heterocycles. The molecule has 0 saturated carbocycles. The first-order valence-electron chi connectivity index (χ1n) is 9.03. The van der Waals surface area contributed by atoms with Gasteiger partial charge in [0.05, 0.1) is 7.05 Å². The average molecular weight is 369 g/mol. The molecule has 0 aliphatic carbocycles. The van der Waals surface area contributed by atoms with Crippen molar-refractivity contribution in [2.24, 2.45) is 0 Å². The number of amides is 2. The van der Waals surface area contributed by atoms with Gasteiger partial charge in [0.15, 0.2) is 6.04 Å². The highest BCUT2D eigenvalue weighted by Crippen LogP contribution is 2.14. The van der Waals surface area contributed by atoms with Crippen molar-refractivity contribution in [1.29, 1.82) is 0 Å². The Morgan fingerprint density at radius 2 is 1.48 bits per heavy atom. The van der Waals surface area contributed by atoms with Gasteiger partial charge in [0.2, 0.25) is 5.91 Å². The number of anilines is 3. The summed E-state index contributed by atoms with van der Waals surface area (Å²) in [6.07, 6.45) is 0. The Morgan fingerprint density at radius 1 is 0.963 bits per heavy atom. The molecule has 0 fully saturated rings. The zero-order valence-corrected chi connectivity index (χ0v) is 16.7. The standard InChI is InChI=1S/C21H28N4O2/c1-15(25(5)14-17-6-12-20(13-7-17)24(3)4)21(27)23-19-10-8-18(9-11-19)22-16(2)26/h6-13,15H,14H2,1-5H3,(H,22,26)(H,23,27)/p+1/t15-/m0/s1. The van der Waals surface area contributed by atoms with Crippen molar-refractivity contribution >= 4 is 28.9 Å². The largest absolute Gasteiger partial charge is 0.378 e. The summed E-state index contributed by atoms with van der Waals surface area (Å²) in [5.41, 5.74) is 3.77. The molecule has 2 atom stereocenters. The van der Waals surface area contributed by atoms with Crippen LogP contribution in [0.2, 0.25) is 0 Å². The molecule has 6 nitrogen and oxygen atoms in total. The first-order chi connectivity index (χ1) is 12.8. The van der Waals surface area contributed by atoms with Gasteiger partial charge in [0, 0.05) is 43.6 Å². The summed E-state index contributed by atoms with van der Waals surface area (Å²) in [7, 11) is 6.05. The Hall–Kier alpha value is -2.86. The van der Waals surface area contributed by atoms with E-state index in [0.29, 0.717) is 11.4 Å². The third kappa shape index (κ3) is 6.11. The quantitative estimate of drug-likeness (QED) is 0.697. The highest BCUT2D eigenvalue weighted by atomic mass is 16.2. The highest BCUT2D eigenvalue weighted by Gasteiger charge is 2.22. The van der Waals surface area contributed by atoms with E-state index in [1.54, 1.807) is 24.3 Å². The fourth-order valence-electron chi connectivity index (χ4n) is 2.70. The highest BCUT2D eigenvalue weighted by molar-refractivity contribution is 5.94. The van der Waals surface area contributed by atoms with Gasteiger partial charge in [0.1, 0.15) is 6.54 Å². The number of carbonyl (C=O) groups is 2. The van der Waals surface area contributed by atoms with Gasteiger partial charge in [-0.25, -0.2) is 0 Å². The zero-order valence-electron chi connectivity index (χ0n) is 16.7. The Balaban J connectivity index is 1.92. The molecule has 27 heavy (non-hydrogen) atoms. The second kappa shape index (κ2) is 9.19. The molecule has 0 aromatic heterocycles. The number of nitrogens with zero attached hydrogens (tertiary/aromatic N) is 1. The molecule has 2 aromatic rings. The Bertz CT molecular complexity index is 770. The van der Waals surface area contributed by atoms with Crippen LogP contribution in [0.15, 0.2) is 48.5 Å². The van der Waals surface area contributed by atoms with E-state index in [1.807, 2.05) is 28.1 Å². The number of hydrogen-bond acceptors (Lipinski definition) is 3. The van der Waals surface area contributed by atoms with Crippen molar-refractivity contribution in [3.63, 3.8) is 0 Å². The third-order valence-corrected chi connectivity index (χ3v) is 4.54. The Morgan fingerprint density at radius 3 is 1.96 bits per heavy atom. The van der Waals surface area contributed by atoms with Gasteiger partial charge in [-0.15, -0.1) is 0 Å². The zero-order chi connectivity index (χ0) is 20.0. The maximum atomic E-state index is 12.5. The monoisotopic (exact) mass is 369 g/mol.